The van der Waals surface area contributed by atoms with E-state index in [1.54, 1.807) is 47.1 Å². The van der Waals surface area contributed by atoms with Crippen LogP contribution in [0.15, 0.2) is 60.3 Å². The Kier molecular flexibility index (Phi) is 20.2. The predicted molar refractivity (Wildman–Crippen MR) is 250 cm³/mol. The van der Waals surface area contributed by atoms with Gasteiger partial charge in [-0.3, -0.25) is 9.97 Å². The fourth-order valence-corrected chi connectivity index (χ4v) is 26.6. The molecule has 346 valence electrons. The zero-order valence-electron chi connectivity index (χ0n) is 36.7. The van der Waals surface area contributed by atoms with Crippen molar-refractivity contribution in [2.75, 3.05) is 35.4 Å². The number of halogens is 7. The Morgan fingerprint density at radius 1 is 0.609 bits per heavy atom. The molecule has 6 heterocycles. The second kappa shape index (κ2) is 24.8. The molecule has 4 N–H and O–H groups in total. The van der Waals surface area contributed by atoms with Crippen LogP contribution in [0.4, 0.5) is 61.2 Å². The summed E-state index contributed by atoms with van der Waals surface area (Å²) >= 11 is 7.09. The molecule has 0 amide bonds. The van der Waals surface area contributed by atoms with Gasteiger partial charge in [-0.1, -0.05) is 11.6 Å². The van der Waals surface area contributed by atoms with Crippen LogP contribution in [0.2, 0.25) is 18.5 Å². The van der Waals surface area contributed by atoms with Gasteiger partial charge >= 0.3 is 134 Å². The quantitative estimate of drug-likeness (QED) is 0.0391. The summed E-state index contributed by atoms with van der Waals surface area (Å²) < 4.78 is 83.3. The van der Waals surface area contributed by atoms with Gasteiger partial charge < -0.3 is 21.3 Å². The Morgan fingerprint density at radius 2 is 1.08 bits per heavy atom. The van der Waals surface area contributed by atoms with E-state index in [1.165, 1.54) is 70.2 Å². The molecule has 6 aromatic heterocycles. The number of nitrogens with one attached hydrogen (secondary N) is 4. The molecule has 12 nitrogen and oxygen atoms in total. The second-order valence-corrected chi connectivity index (χ2v) is 31.0. The van der Waals surface area contributed by atoms with Crippen LogP contribution in [0.1, 0.15) is 81.5 Å². The van der Waals surface area contributed by atoms with Crippen molar-refractivity contribution < 1.29 is 26.3 Å². The Balaban J connectivity index is 0.000000214. The van der Waals surface area contributed by atoms with E-state index in [0.717, 1.165) is 34.1 Å². The Hall–Kier alpha value is -4.41. The summed E-state index contributed by atoms with van der Waals surface area (Å²) in [7, 11) is 2.73. The molecule has 0 aliphatic carbocycles. The molecule has 0 aromatic carbocycles. The standard InChI is InChI=1S/C15H13F3N6S.C12H11ClF3N5.3C4H9.C3H2NS.Sn/c1-8-3-10(12-6-20-7-25-12)21-5-11(8)23-14-22-4-9(15(16,17)18)13(19-2)24-14;1-6-3-9(13)18-5-8(6)20-11-19-4-7(12(14,15)16)10(17-2)21-11;3*1-3-4-2;1-2-5-3-4-1;/h3-7H,1-2H3,(H2,19,22,23,24);3-5H,1-2H3,(H2,17,19,20,21);3*1,3-4H2,2H3;1,3H;. The number of unbranched alkanes of at least 4 members (excludes halogenated alkanes) is 3. The molecule has 0 saturated heterocycles. The van der Waals surface area contributed by atoms with Crippen LogP contribution >= 0.6 is 34.3 Å². The number of aromatic nitrogens is 8. The average molecular weight is 1060 g/mol. The SMILES string of the molecule is CCC[CH2][Sn]([CH2]CCC)([CH2]CCC)[c]1cncs1.CNc1nc(Nc2cnc(-c3cncs3)cc2C)ncc1C(F)(F)F.CNc1nc(Nc2cnc(Cl)cc2C)ncc1C(F)(F)F. The molecule has 0 atom stereocenters. The smallest absolute Gasteiger partial charge is 0.372 e. The van der Waals surface area contributed by atoms with Gasteiger partial charge in [-0.05, 0) is 37.1 Å². The van der Waals surface area contributed by atoms with Gasteiger partial charge in [-0.2, -0.15) is 36.3 Å². The van der Waals surface area contributed by atoms with E-state index < -0.39 is 41.9 Å². The first kappa shape index (κ1) is 52.2. The molecule has 6 rings (SSSR count). The van der Waals surface area contributed by atoms with Crippen LogP contribution in [0.5, 0.6) is 0 Å². The minimum atomic E-state index is -4.52. The van der Waals surface area contributed by atoms with Crippen molar-refractivity contribution in [1.29, 1.82) is 0 Å². The first-order valence-corrected chi connectivity index (χ1v) is 30.2. The van der Waals surface area contributed by atoms with E-state index in [2.05, 4.69) is 93.6 Å². The van der Waals surface area contributed by atoms with E-state index in [1.807, 2.05) is 24.3 Å². The van der Waals surface area contributed by atoms with Gasteiger partial charge in [-0.25, -0.2) is 15.0 Å². The van der Waals surface area contributed by atoms with Crippen molar-refractivity contribution in [1.82, 2.24) is 39.9 Å². The summed E-state index contributed by atoms with van der Waals surface area (Å²) in [6, 6.07) is 3.48. The van der Waals surface area contributed by atoms with Gasteiger partial charge in [-0.15, -0.1) is 11.3 Å². The van der Waals surface area contributed by atoms with E-state index >= 15 is 0 Å². The third kappa shape index (κ3) is 15.1. The van der Waals surface area contributed by atoms with E-state index in [0.29, 0.717) is 16.5 Å². The maximum Gasteiger partial charge on any atom is 0.421 e. The number of anilines is 6. The normalized spacial score (nSPS) is 11.5. The Labute approximate surface area is 386 Å². The van der Waals surface area contributed by atoms with Crippen LogP contribution in [0, 0.1) is 13.8 Å². The largest absolute Gasteiger partial charge is 0.421 e. The summed E-state index contributed by atoms with van der Waals surface area (Å²) in [5, 5.41) is 10.9. The summed E-state index contributed by atoms with van der Waals surface area (Å²) in [5.41, 5.74) is 5.49. The predicted octanol–water partition coefficient (Wildman–Crippen LogP) is 12.9. The van der Waals surface area contributed by atoms with Crippen LogP contribution < -0.4 is 24.2 Å². The van der Waals surface area contributed by atoms with Gasteiger partial charge in [0, 0.05) is 32.7 Å². The molecule has 22 heteroatoms. The maximum atomic E-state index is 12.9. The van der Waals surface area contributed by atoms with Crippen LogP contribution in [-0.4, -0.2) is 72.3 Å². The topological polar surface area (TPSA) is 151 Å². The molecule has 0 saturated carbocycles. The first-order chi connectivity index (χ1) is 30.5. The molecule has 0 radical (unpaired) electrons. The number of alkyl halides is 6. The summed E-state index contributed by atoms with van der Waals surface area (Å²) in [6.07, 6.45) is 7.82. The fourth-order valence-electron chi connectivity index (χ4n) is 6.51. The van der Waals surface area contributed by atoms with Crippen molar-refractivity contribution in [3.63, 3.8) is 0 Å². The molecule has 0 aliphatic rings. The van der Waals surface area contributed by atoms with Crippen LogP contribution in [0.25, 0.3) is 10.6 Å². The molecule has 64 heavy (non-hydrogen) atoms. The molecule has 0 spiro atoms. The van der Waals surface area contributed by atoms with Gasteiger partial charge in [0.05, 0.1) is 39.9 Å². The van der Waals surface area contributed by atoms with Gasteiger partial charge in [0.25, 0.3) is 0 Å². The average Bonchev–Trinajstić information content (AvgIpc) is 4.02. The monoisotopic (exact) mass is 1060 g/mol. The molecule has 0 aliphatic heterocycles. The number of thiazole rings is 2. The van der Waals surface area contributed by atoms with Gasteiger partial charge in [0.15, 0.2) is 0 Å². The number of pyridine rings is 2. The number of aryl methyl sites for hydroxylation is 2. The first-order valence-electron chi connectivity index (χ1n) is 20.6. The van der Waals surface area contributed by atoms with Crippen molar-refractivity contribution in [3.8, 4) is 10.6 Å². The van der Waals surface area contributed by atoms with Crippen molar-refractivity contribution in [3.05, 3.63) is 87.7 Å². The third-order valence-corrected chi connectivity index (χ3v) is 30.1. The van der Waals surface area contributed by atoms with Crippen molar-refractivity contribution >= 4 is 90.5 Å². The van der Waals surface area contributed by atoms with E-state index in [9.17, 15) is 26.3 Å². The molecule has 0 unspecified atom stereocenters. The summed E-state index contributed by atoms with van der Waals surface area (Å²) in [4.78, 5) is 32.6. The molecule has 0 fully saturated rings. The Morgan fingerprint density at radius 3 is 1.47 bits per heavy atom. The molecule has 6 aromatic rings. The van der Waals surface area contributed by atoms with E-state index in [-0.39, 0.29) is 23.5 Å². The van der Waals surface area contributed by atoms with Crippen molar-refractivity contribution in [2.45, 2.75) is 98.8 Å². The maximum absolute atomic E-state index is 12.9. The van der Waals surface area contributed by atoms with Crippen molar-refractivity contribution in [2.24, 2.45) is 0 Å². The minimum absolute atomic E-state index is 0.0274. The summed E-state index contributed by atoms with van der Waals surface area (Å²) in [6.45, 7) is 10.6. The number of rotatable bonds is 17. The van der Waals surface area contributed by atoms with Crippen LogP contribution in [0.3, 0.4) is 0 Å². The number of hydrogen-bond acceptors (Lipinski definition) is 14. The molecular formula is C42H53ClF6N12S2Sn. The fraction of sp³-hybridized carbons (Fsp3) is 0.429. The minimum Gasteiger partial charge on any atom is -0.372 e. The number of hydrogen-bond donors (Lipinski definition) is 4. The van der Waals surface area contributed by atoms with E-state index in [4.69, 9.17) is 11.6 Å². The zero-order chi connectivity index (χ0) is 46.9. The van der Waals surface area contributed by atoms with Crippen LogP contribution in [-0.2, 0) is 12.4 Å². The Bertz CT molecular complexity index is 2310. The molecule has 0 bridgehead atoms. The zero-order valence-corrected chi connectivity index (χ0v) is 41.9. The molecular weight excluding hydrogens is 1000 g/mol. The second-order valence-electron chi connectivity index (χ2n) is 14.7. The summed E-state index contributed by atoms with van der Waals surface area (Å²) in [5.74, 6) is -0.524. The van der Waals surface area contributed by atoms with Gasteiger partial charge in [0.1, 0.15) is 27.9 Å². The number of nitrogens with zero attached hydrogens (tertiary/aromatic N) is 8. The van der Waals surface area contributed by atoms with Gasteiger partial charge in [0.2, 0.25) is 11.9 Å². The third-order valence-electron chi connectivity index (χ3n) is 10.0.